The smallest absolute Gasteiger partial charge is 0.326 e. The number of carboxylic acids is 1. The summed E-state index contributed by atoms with van der Waals surface area (Å²) >= 11 is 3.76. The Balaban J connectivity index is 2.68. The first-order valence-electron chi connectivity index (χ1n) is 4.01. The molecule has 0 aliphatic carbocycles. The Kier molecular flexibility index (Phi) is 3.36. The minimum absolute atomic E-state index is 0.278. The first-order chi connectivity index (χ1) is 6.16. The van der Waals surface area contributed by atoms with E-state index in [1.54, 1.807) is 0 Å². The van der Waals surface area contributed by atoms with Gasteiger partial charge in [-0.3, -0.25) is 4.79 Å². The van der Waals surface area contributed by atoms with Crippen molar-refractivity contribution < 1.29 is 14.7 Å². The maximum absolute atomic E-state index is 11.3. The van der Waals surface area contributed by atoms with Gasteiger partial charge < -0.3 is 10.0 Å². The molecule has 1 fully saturated rings. The van der Waals surface area contributed by atoms with Gasteiger partial charge in [0.25, 0.3) is 0 Å². The number of amides is 1. The molecule has 5 heteroatoms. The van der Waals surface area contributed by atoms with E-state index in [4.69, 9.17) is 5.11 Å². The molecule has 1 atom stereocenters. The number of rotatable bonds is 2. The first-order valence-corrected chi connectivity index (χ1v) is 4.52. The summed E-state index contributed by atoms with van der Waals surface area (Å²) in [5, 5.41) is 10.1. The van der Waals surface area contributed by atoms with Gasteiger partial charge in [-0.05, 0) is 18.2 Å². The predicted molar refractivity (Wildman–Crippen MR) is 50.5 cm³/mol. The number of thiol groups is 1. The van der Waals surface area contributed by atoms with Gasteiger partial charge in [-0.25, -0.2) is 4.79 Å². The summed E-state index contributed by atoms with van der Waals surface area (Å²) in [6, 6.07) is -0.656. The van der Waals surface area contributed by atoms with E-state index < -0.39 is 12.0 Å². The summed E-state index contributed by atoms with van der Waals surface area (Å²) in [6.45, 7) is 0.522. The number of aliphatic carboxylic acids is 1. The van der Waals surface area contributed by atoms with Gasteiger partial charge in [0.2, 0.25) is 5.91 Å². The second-order valence-electron chi connectivity index (χ2n) is 2.84. The highest BCUT2D eigenvalue weighted by Crippen LogP contribution is 2.17. The predicted octanol–water partition coefficient (Wildman–Crippen LogP) is 0.505. The highest BCUT2D eigenvalue weighted by molar-refractivity contribution is 7.83. The third-order valence-electron chi connectivity index (χ3n) is 2.04. The molecule has 1 aliphatic heterocycles. The summed E-state index contributed by atoms with van der Waals surface area (Å²) in [6.07, 6.45) is 2.56. The Morgan fingerprint density at radius 1 is 1.54 bits per heavy atom. The van der Waals surface area contributed by atoms with Crippen molar-refractivity contribution in [1.82, 2.24) is 4.90 Å². The van der Waals surface area contributed by atoms with Crippen LogP contribution in [0.1, 0.15) is 12.8 Å². The second kappa shape index (κ2) is 4.32. The number of likely N-dealkylation sites (tertiary alicyclic amines) is 1. The van der Waals surface area contributed by atoms with Crippen LogP contribution >= 0.6 is 12.6 Å². The van der Waals surface area contributed by atoms with E-state index in [1.165, 1.54) is 16.4 Å². The van der Waals surface area contributed by atoms with Gasteiger partial charge in [0.05, 0.1) is 0 Å². The van der Waals surface area contributed by atoms with Gasteiger partial charge >= 0.3 is 5.97 Å². The molecule has 1 amide bonds. The Morgan fingerprint density at radius 3 is 2.77 bits per heavy atom. The molecule has 0 aromatic carbocycles. The van der Waals surface area contributed by atoms with Gasteiger partial charge in [0.1, 0.15) is 6.04 Å². The molecule has 72 valence electrons. The quantitative estimate of drug-likeness (QED) is 0.505. The molecule has 1 N–H and O–H groups in total. The normalized spacial score (nSPS) is 22.5. The van der Waals surface area contributed by atoms with Crippen LogP contribution in [0.3, 0.4) is 0 Å². The minimum atomic E-state index is -0.932. The standard InChI is InChI=1S/C8H11NO3S/c10-7(3-5-13)9-4-1-2-6(9)8(11)12/h3,5-6,13H,1-2,4H2,(H,11,12)/t6-/m0/s1. The Hall–Kier alpha value is -0.970. The van der Waals surface area contributed by atoms with Crippen molar-refractivity contribution in [2.45, 2.75) is 18.9 Å². The fraction of sp³-hybridized carbons (Fsp3) is 0.500. The zero-order chi connectivity index (χ0) is 9.84. The Morgan fingerprint density at radius 2 is 2.23 bits per heavy atom. The zero-order valence-electron chi connectivity index (χ0n) is 7.01. The number of carboxylic acid groups (broad SMARTS) is 1. The molecule has 0 aromatic heterocycles. The number of hydrogen-bond acceptors (Lipinski definition) is 3. The second-order valence-corrected chi connectivity index (χ2v) is 3.14. The number of carbonyl (C=O) groups is 2. The van der Waals surface area contributed by atoms with Crippen LogP contribution in [-0.2, 0) is 9.59 Å². The average Bonchev–Trinajstić information content (AvgIpc) is 2.52. The maximum atomic E-state index is 11.3. The molecule has 1 saturated heterocycles. The van der Waals surface area contributed by atoms with E-state index in [0.717, 1.165) is 6.42 Å². The summed E-state index contributed by atoms with van der Waals surface area (Å²) in [5.74, 6) is -1.21. The monoisotopic (exact) mass is 201 g/mol. The van der Waals surface area contributed by atoms with Crippen molar-refractivity contribution in [1.29, 1.82) is 0 Å². The lowest BCUT2D eigenvalue weighted by atomic mass is 10.2. The Bertz CT molecular complexity index is 252. The van der Waals surface area contributed by atoms with Crippen LogP contribution in [-0.4, -0.2) is 34.5 Å². The van der Waals surface area contributed by atoms with Crippen LogP contribution in [0.15, 0.2) is 11.5 Å². The van der Waals surface area contributed by atoms with Crippen molar-refractivity contribution in [2.75, 3.05) is 6.54 Å². The molecule has 0 spiro atoms. The van der Waals surface area contributed by atoms with Crippen LogP contribution in [0.2, 0.25) is 0 Å². The van der Waals surface area contributed by atoms with E-state index >= 15 is 0 Å². The third-order valence-corrected chi connectivity index (χ3v) is 2.19. The van der Waals surface area contributed by atoms with Crippen LogP contribution < -0.4 is 0 Å². The minimum Gasteiger partial charge on any atom is -0.480 e. The average molecular weight is 201 g/mol. The van der Waals surface area contributed by atoms with Crippen LogP contribution in [0.5, 0.6) is 0 Å². The molecule has 0 bridgehead atoms. The first kappa shape index (κ1) is 10.1. The summed E-state index contributed by atoms with van der Waals surface area (Å²) in [5.41, 5.74) is 0. The molecule has 4 nitrogen and oxygen atoms in total. The summed E-state index contributed by atoms with van der Waals surface area (Å²) in [4.78, 5) is 23.3. The van der Waals surface area contributed by atoms with Crippen molar-refractivity contribution >= 4 is 24.5 Å². The Labute approximate surface area is 81.6 Å². The van der Waals surface area contributed by atoms with Gasteiger partial charge in [0, 0.05) is 12.6 Å². The SMILES string of the molecule is O=C(O)[C@@H]1CCCN1C(=O)C=CS. The highest BCUT2D eigenvalue weighted by Gasteiger charge is 2.32. The molecule has 0 radical (unpaired) electrons. The zero-order valence-corrected chi connectivity index (χ0v) is 7.91. The van der Waals surface area contributed by atoms with Crippen molar-refractivity contribution in [3.63, 3.8) is 0 Å². The van der Waals surface area contributed by atoms with Crippen molar-refractivity contribution in [3.05, 3.63) is 11.5 Å². The molecular formula is C8H11NO3S. The topological polar surface area (TPSA) is 57.6 Å². The molecule has 0 saturated carbocycles. The lowest BCUT2D eigenvalue weighted by Gasteiger charge is -2.19. The molecule has 1 aliphatic rings. The van der Waals surface area contributed by atoms with Crippen LogP contribution in [0.25, 0.3) is 0 Å². The molecule has 1 rings (SSSR count). The van der Waals surface area contributed by atoms with E-state index in [1.807, 2.05) is 0 Å². The molecular weight excluding hydrogens is 190 g/mol. The molecule has 13 heavy (non-hydrogen) atoms. The fourth-order valence-electron chi connectivity index (χ4n) is 1.45. The van der Waals surface area contributed by atoms with Gasteiger partial charge in [0.15, 0.2) is 0 Å². The fourth-order valence-corrected chi connectivity index (χ4v) is 1.57. The summed E-state index contributed by atoms with van der Waals surface area (Å²) in [7, 11) is 0. The van der Waals surface area contributed by atoms with Crippen LogP contribution in [0.4, 0.5) is 0 Å². The molecule has 1 heterocycles. The van der Waals surface area contributed by atoms with Gasteiger partial charge in [-0.1, -0.05) is 0 Å². The van der Waals surface area contributed by atoms with E-state index in [9.17, 15) is 9.59 Å². The number of nitrogens with zero attached hydrogens (tertiary/aromatic N) is 1. The number of carbonyl (C=O) groups excluding carboxylic acids is 1. The summed E-state index contributed by atoms with van der Waals surface area (Å²) < 4.78 is 0. The van der Waals surface area contributed by atoms with Gasteiger partial charge in [-0.15, -0.1) is 0 Å². The maximum Gasteiger partial charge on any atom is 0.326 e. The molecule has 0 unspecified atom stereocenters. The highest BCUT2D eigenvalue weighted by atomic mass is 32.1. The van der Waals surface area contributed by atoms with E-state index in [0.29, 0.717) is 13.0 Å². The van der Waals surface area contributed by atoms with Gasteiger partial charge in [-0.2, -0.15) is 12.6 Å². The van der Waals surface area contributed by atoms with E-state index in [-0.39, 0.29) is 5.91 Å². The largest absolute Gasteiger partial charge is 0.480 e. The lowest BCUT2D eigenvalue weighted by Crippen LogP contribution is -2.39. The third kappa shape index (κ3) is 2.24. The van der Waals surface area contributed by atoms with Crippen molar-refractivity contribution in [2.24, 2.45) is 0 Å². The van der Waals surface area contributed by atoms with Crippen LogP contribution in [0, 0.1) is 0 Å². The lowest BCUT2D eigenvalue weighted by molar-refractivity contribution is -0.146. The molecule has 0 aromatic rings. The number of hydrogen-bond donors (Lipinski definition) is 2. The van der Waals surface area contributed by atoms with E-state index in [2.05, 4.69) is 12.6 Å². The van der Waals surface area contributed by atoms with Crippen molar-refractivity contribution in [3.8, 4) is 0 Å².